The molecular formula is C19H31FIN5O. The van der Waals surface area contributed by atoms with Crippen LogP contribution in [0.4, 0.5) is 4.39 Å². The number of carbonyl (C=O) groups is 1. The maximum Gasteiger partial charge on any atom is 0.223 e. The van der Waals surface area contributed by atoms with Crippen LogP contribution < -0.4 is 16.0 Å². The lowest BCUT2D eigenvalue weighted by atomic mass is 10.1. The van der Waals surface area contributed by atoms with Crippen LogP contribution in [0.25, 0.3) is 0 Å². The fourth-order valence-electron chi connectivity index (χ4n) is 2.66. The number of likely N-dealkylation sites (N-methyl/N-ethyl adjacent to an activating group) is 1. The maximum atomic E-state index is 13.5. The van der Waals surface area contributed by atoms with E-state index in [0.717, 1.165) is 24.9 Å². The molecule has 1 fully saturated rings. The highest BCUT2D eigenvalue weighted by atomic mass is 127. The third kappa shape index (κ3) is 8.42. The minimum atomic E-state index is -0.241. The molecule has 3 N–H and O–H groups in total. The van der Waals surface area contributed by atoms with Crippen LogP contribution in [0, 0.1) is 11.7 Å². The zero-order chi connectivity index (χ0) is 18.9. The molecule has 1 aliphatic rings. The molecule has 1 unspecified atom stereocenters. The lowest BCUT2D eigenvalue weighted by Crippen LogP contribution is -2.42. The average Bonchev–Trinajstić information content (AvgIpc) is 3.43. The van der Waals surface area contributed by atoms with E-state index >= 15 is 0 Å². The molecule has 0 radical (unpaired) electrons. The molecule has 152 valence electrons. The quantitative estimate of drug-likeness (QED) is 0.214. The van der Waals surface area contributed by atoms with Crippen molar-refractivity contribution in [3.05, 3.63) is 35.6 Å². The number of hydrogen-bond acceptors (Lipinski definition) is 3. The topological polar surface area (TPSA) is 68.8 Å². The Kier molecular flexibility index (Phi) is 10.6. The molecule has 1 aliphatic carbocycles. The Morgan fingerprint density at radius 3 is 2.56 bits per heavy atom. The lowest BCUT2D eigenvalue weighted by molar-refractivity contribution is -0.122. The Morgan fingerprint density at radius 1 is 1.26 bits per heavy atom. The van der Waals surface area contributed by atoms with E-state index < -0.39 is 0 Å². The summed E-state index contributed by atoms with van der Waals surface area (Å²) in [5, 5.41) is 9.34. The number of aliphatic imine (C=N–C) groups is 1. The third-order valence-corrected chi connectivity index (χ3v) is 4.29. The highest BCUT2D eigenvalue weighted by Gasteiger charge is 2.28. The summed E-state index contributed by atoms with van der Waals surface area (Å²) in [4.78, 5) is 18.3. The predicted octanol–water partition coefficient (Wildman–Crippen LogP) is 2.13. The minimum Gasteiger partial charge on any atom is -0.357 e. The first kappa shape index (κ1) is 23.6. The van der Waals surface area contributed by atoms with Crippen LogP contribution in [0.3, 0.4) is 0 Å². The van der Waals surface area contributed by atoms with E-state index in [4.69, 9.17) is 0 Å². The molecule has 1 atom stereocenters. The van der Waals surface area contributed by atoms with Gasteiger partial charge in [-0.25, -0.2) is 4.39 Å². The van der Waals surface area contributed by atoms with Gasteiger partial charge in [0.1, 0.15) is 5.82 Å². The second-order valence-electron chi connectivity index (χ2n) is 6.75. The van der Waals surface area contributed by atoms with Crippen molar-refractivity contribution in [2.24, 2.45) is 10.9 Å². The fourth-order valence-corrected chi connectivity index (χ4v) is 2.66. The summed E-state index contributed by atoms with van der Waals surface area (Å²) in [5.41, 5.74) is 0.895. The number of nitrogens with zero attached hydrogens (tertiary/aromatic N) is 2. The first-order valence-corrected chi connectivity index (χ1v) is 9.23. The lowest BCUT2D eigenvalue weighted by Gasteiger charge is -2.23. The van der Waals surface area contributed by atoms with Gasteiger partial charge in [0.25, 0.3) is 0 Å². The van der Waals surface area contributed by atoms with E-state index in [1.54, 1.807) is 12.1 Å². The molecule has 1 amide bonds. The summed E-state index contributed by atoms with van der Waals surface area (Å²) >= 11 is 0. The summed E-state index contributed by atoms with van der Waals surface area (Å²) in [7, 11) is 3.91. The Balaban J connectivity index is 0.00000364. The second-order valence-corrected chi connectivity index (χ2v) is 6.75. The summed E-state index contributed by atoms with van der Waals surface area (Å²) < 4.78 is 13.5. The molecule has 2 rings (SSSR count). The van der Waals surface area contributed by atoms with Crippen molar-refractivity contribution in [2.45, 2.75) is 25.8 Å². The molecule has 1 saturated carbocycles. The van der Waals surface area contributed by atoms with Crippen molar-refractivity contribution in [1.82, 2.24) is 20.9 Å². The van der Waals surface area contributed by atoms with E-state index in [0.29, 0.717) is 25.6 Å². The monoisotopic (exact) mass is 491 g/mol. The third-order valence-electron chi connectivity index (χ3n) is 4.29. The number of guanidine groups is 1. The predicted molar refractivity (Wildman–Crippen MR) is 118 cm³/mol. The van der Waals surface area contributed by atoms with Gasteiger partial charge in [0.2, 0.25) is 5.91 Å². The molecule has 0 spiro atoms. The Labute approximate surface area is 178 Å². The molecule has 0 aliphatic heterocycles. The SMILES string of the molecule is CCNC(=NCC(c1cccc(F)c1)N(C)C)NCCNC(=O)C1CC1.I. The Morgan fingerprint density at radius 2 is 1.96 bits per heavy atom. The van der Waals surface area contributed by atoms with Crippen molar-refractivity contribution >= 4 is 35.8 Å². The number of carbonyl (C=O) groups excluding carboxylic acids is 1. The van der Waals surface area contributed by atoms with Gasteiger partial charge in [-0.3, -0.25) is 9.79 Å². The summed E-state index contributed by atoms with van der Waals surface area (Å²) in [6, 6.07) is 6.61. The van der Waals surface area contributed by atoms with Gasteiger partial charge in [0, 0.05) is 25.6 Å². The molecule has 0 heterocycles. The summed E-state index contributed by atoms with van der Waals surface area (Å²) in [5.74, 6) is 0.822. The van der Waals surface area contributed by atoms with Crippen molar-refractivity contribution in [1.29, 1.82) is 0 Å². The molecule has 0 bridgehead atoms. The van der Waals surface area contributed by atoms with Gasteiger partial charge in [0.15, 0.2) is 5.96 Å². The number of hydrogen-bond donors (Lipinski definition) is 3. The first-order chi connectivity index (χ1) is 12.5. The fraction of sp³-hybridized carbons (Fsp3) is 0.579. The molecule has 27 heavy (non-hydrogen) atoms. The molecule has 0 aromatic heterocycles. The molecule has 1 aromatic carbocycles. The van der Waals surface area contributed by atoms with Gasteiger partial charge in [-0.1, -0.05) is 12.1 Å². The van der Waals surface area contributed by atoms with Crippen LogP contribution in [0.5, 0.6) is 0 Å². The summed E-state index contributed by atoms with van der Waals surface area (Å²) in [6.45, 7) is 4.42. The maximum absolute atomic E-state index is 13.5. The molecule has 0 saturated heterocycles. The number of rotatable bonds is 9. The minimum absolute atomic E-state index is 0. The van der Waals surface area contributed by atoms with Crippen molar-refractivity contribution in [2.75, 3.05) is 40.3 Å². The van der Waals surface area contributed by atoms with Gasteiger partial charge >= 0.3 is 0 Å². The van der Waals surface area contributed by atoms with E-state index in [1.807, 2.05) is 32.0 Å². The van der Waals surface area contributed by atoms with E-state index in [2.05, 4.69) is 20.9 Å². The first-order valence-electron chi connectivity index (χ1n) is 9.23. The summed E-state index contributed by atoms with van der Waals surface area (Å²) in [6.07, 6.45) is 2.02. The smallest absolute Gasteiger partial charge is 0.223 e. The van der Waals surface area contributed by atoms with E-state index in [-0.39, 0.29) is 47.7 Å². The highest BCUT2D eigenvalue weighted by molar-refractivity contribution is 14.0. The number of benzene rings is 1. The number of amides is 1. The van der Waals surface area contributed by atoms with Crippen molar-refractivity contribution < 1.29 is 9.18 Å². The number of nitrogens with one attached hydrogen (secondary N) is 3. The van der Waals surface area contributed by atoms with Gasteiger partial charge in [-0.2, -0.15) is 0 Å². The standard InChI is InChI=1S/C19H30FN5O.HI/c1-4-21-19(23-11-10-22-18(26)14-8-9-14)24-13-17(25(2)3)15-6-5-7-16(20)12-15;/h5-7,12,14,17H,4,8-11,13H2,1-3H3,(H,22,26)(H2,21,23,24);1H. The van der Waals surface area contributed by atoms with Gasteiger partial charge < -0.3 is 20.9 Å². The van der Waals surface area contributed by atoms with Gasteiger partial charge in [-0.05, 0) is 51.6 Å². The second kappa shape index (κ2) is 12.1. The molecular weight excluding hydrogens is 460 g/mol. The van der Waals surface area contributed by atoms with Crippen LogP contribution in [-0.4, -0.2) is 57.0 Å². The van der Waals surface area contributed by atoms with Crippen LogP contribution in [-0.2, 0) is 4.79 Å². The van der Waals surface area contributed by atoms with Gasteiger partial charge in [0.05, 0.1) is 12.6 Å². The normalized spacial score (nSPS) is 15.1. The van der Waals surface area contributed by atoms with Crippen molar-refractivity contribution in [3.8, 4) is 0 Å². The van der Waals surface area contributed by atoms with E-state index in [9.17, 15) is 9.18 Å². The zero-order valence-electron chi connectivity index (χ0n) is 16.3. The molecule has 8 heteroatoms. The average molecular weight is 491 g/mol. The zero-order valence-corrected chi connectivity index (χ0v) is 18.6. The van der Waals surface area contributed by atoms with Crippen LogP contribution >= 0.6 is 24.0 Å². The Hall–Kier alpha value is -1.42. The van der Waals surface area contributed by atoms with Gasteiger partial charge in [-0.15, -0.1) is 24.0 Å². The largest absolute Gasteiger partial charge is 0.357 e. The Bertz CT molecular complexity index is 622. The highest BCUT2D eigenvalue weighted by Crippen LogP contribution is 2.28. The molecule has 6 nitrogen and oxygen atoms in total. The van der Waals surface area contributed by atoms with E-state index in [1.165, 1.54) is 6.07 Å². The van der Waals surface area contributed by atoms with Crippen LogP contribution in [0.15, 0.2) is 29.3 Å². The van der Waals surface area contributed by atoms with Crippen LogP contribution in [0.2, 0.25) is 0 Å². The van der Waals surface area contributed by atoms with Crippen molar-refractivity contribution in [3.63, 3.8) is 0 Å². The molecule has 1 aromatic rings. The number of halogens is 2. The van der Waals surface area contributed by atoms with Crippen LogP contribution in [0.1, 0.15) is 31.4 Å².